The van der Waals surface area contributed by atoms with Crippen molar-refractivity contribution in [1.82, 2.24) is 4.98 Å². The van der Waals surface area contributed by atoms with E-state index in [1.807, 2.05) is 6.07 Å². The lowest BCUT2D eigenvalue weighted by Crippen LogP contribution is -1.96. The van der Waals surface area contributed by atoms with E-state index in [2.05, 4.69) is 4.98 Å². The van der Waals surface area contributed by atoms with Gasteiger partial charge in [0, 0.05) is 6.20 Å². The van der Waals surface area contributed by atoms with Crippen molar-refractivity contribution >= 4 is 0 Å². The summed E-state index contributed by atoms with van der Waals surface area (Å²) in [6.45, 7) is 0. The first kappa shape index (κ1) is 4.97. The Bertz CT molecular complexity index is 197. The number of aromatic nitrogens is 1. The van der Waals surface area contributed by atoms with Gasteiger partial charge in [0.1, 0.15) is 5.49 Å². The average Bonchev–Trinajstić information content (AvgIpc) is 1.94. The highest BCUT2D eigenvalue weighted by Crippen LogP contribution is 1.69. The van der Waals surface area contributed by atoms with Gasteiger partial charge < -0.3 is 0 Å². The van der Waals surface area contributed by atoms with Crippen LogP contribution < -0.4 is 5.49 Å². The molecule has 0 fully saturated rings. The quantitative estimate of drug-likeness (QED) is 0.515. The summed E-state index contributed by atoms with van der Waals surface area (Å²) in [6.07, 6.45) is 1.60. The lowest BCUT2D eigenvalue weighted by atomic mass is 10.5. The normalized spacial score (nSPS) is 8.50. The summed E-state index contributed by atoms with van der Waals surface area (Å²) in [5, 5.41) is 7.00. The number of nitrogens with zero attached hydrogens (tertiary/aromatic N) is 1. The van der Waals surface area contributed by atoms with Crippen LogP contribution in [0.2, 0.25) is 0 Å². The summed E-state index contributed by atoms with van der Waals surface area (Å²) in [7, 11) is 0. The van der Waals surface area contributed by atoms with Gasteiger partial charge >= 0.3 is 0 Å². The van der Waals surface area contributed by atoms with Crippen molar-refractivity contribution in [2.75, 3.05) is 0 Å². The molecule has 0 aromatic carbocycles. The van der Waals surface area contributed by atoms with E-state index in [-0.39, 0.29) is 0 Å². The second kappa shape index (κ2) is 2.21. The summed E-state index contributed by atoms with van der Waals surface area (Å²) in [5.41, 5.74) is 0.301. The van der Waals surface area contributed by atoms with Crippen LogP contribution in [0.3, 0.4) is 0 Å². The summed E-state index contributed by atoms with van der Waals surface area (Å²) >= 11 is 0. The van der Waals surface area contributed by atoms with E-state index in [1.54, 1.807) is 24.4 Å². The first-order valence-corrected chi connectivity index (χ1v) is 2.35. The molecule has 0 aliphatic rings. The molecule has 1 aromatic heterocycles. The molecular formula is C6H6N2. The van der Waals surface area contributed by atoms with Crippen LogP contribution in [0.4, 0.5) is 0 Å². The third kappa shape index (κ3) is 1.15. The molecule has 1 rings (SSSR count). The van der Waals surface area contributed by atoms with Gasteiger partial charge in [-0.25, -0.2) is 4.98 Å². The zero-order valence-corrected chi connectivity index (χ0v) is 4.33. The van der Waals surface area contributed by atoms with Gasteiger partial charge in [-0.2, -0.15) is 0 Å². The predicted molar refractivity (Wildman–Crippen MR) is 30.1 cm³/mol. The van der Waals surface area contributed by atoms with E-state index in [1.165, 1.54) is 0 Å². The van der Waals surface area contributed by atoms with Crippen LogP contribution in [0.25, 0.3) is 0 Å². The maximum Gasteiger partial charge on any atom is 0.144 e. The van der Waals surface area contributed by atoms with Crippen molar-refractivity contribution in [3.63, 3.8) is 0 Å². The average molecular weight is 106 g/mol. The highest BCUT2D eigenvalue weighted by atomic mass is 14.7. The minimum atomic E-state index is 0.301. The minimum Gasteiger partial charge on any atom is -0.283 e. The summed E-state index contributed by atoms with van der Waals surface area (Å²) in [6, 6.07) is 7.05. The molecule has 0 saturated heterocycles. The van der Waals surface area contributed by atoms with Crippen molar-refractivity contribution in [1.29, 1.82) is 5.41 Å². The first-order chi connectivity index (χ1) is 3.89. The van der Waals surface area contributed by atoms with Crippen LogP contribution in [0.15, 0.2) is 30.5 Å². The molecule has 1 heterocycles. The number of hydrogen-bond acceptors (Lipinski definition) is 2. The molecule has 0 unspecified atom stereocenters. The zero-order chi connectivity index (χ0) is 5.82. The lowest BCUT2D eigenvalue weighted by molar-refractivity contribution is 1.12. The fourth-order valence-electron chi connectivity index (χ4n) is 0.427. The lowest BCUT2D eigenvalue weighted by Gasteiger charge is -1.61. The van der Waals surface area contributed by atoms with Crippen molar-refractivity contribution < 1.29 is 0 Å². The Hall–Kier alpha value is -1.18. The Labute approximate surface area is 47.3 Å². The minimum absolute atomic E-state index is 0.301. The van der Waals surface area contributed by atoms with Gasteiger partial charge in [0.05, 0.1) is 0 Å². The van der Waals surface area contributed by atoms with Crippen molar-refractivity contribution in [2.24, 2.45) is 0 Å². The number of rotatable bonds is 0. The third-order valence-electron chi connectivity index (χ3n) is 0.776. The molecule has 0 aliphatic carbocycles. The first-order valence-electron chi connectivity index (χ1n) is 2.35. The molecule has 0 amide bonds. The van der Waals surface area contributed by atoms with E-state index >= 15 is 0 Å². The van der Waals surface area contributed by atoms with Gasteiger partial charge in [0.15, 0.2) is 0 Å². The molecule has 2 nitrogen and oxygen atoms in total. The Kier molecular flexibility index (Phi) is 1.37. The SMILES string of the molecule is N=c1cccccn1. The Morgan fingerprint density at radius 2 is 2.12 bits per heavy atom. The van der Waals surface area contributed by atoms with Gasteiger partial charge in [0.25, 0.3) is 0 Å². The highest BCUT2D eigenvalue weighted by molar-refractivity contribution is 4.90. The second-order valence-corrected chi connectivity index (χ2v) is 1.41. The van der Waals surface area contributed by atoms with Crippen LogP contribution in [-0.2, 0) is 0 Å². The monoisotopic (exact) mass is 106 g/mol. The molecule has 0 bridgehead atoms. The van der Waals surface area contributed by atoms with Crippen LogP contribution in [0, 0.1) is 5.41 Å². The van der Waals surface area contributed by atoms with Crippen molar-refractivity contribution in [3.8, 4) is 0 Å². The molecule has 1 N–H and O–H groups in total. The molecule has 0 aliphatic heterocycles. The van der Waals surface area contributed by atoms with Crippen LogP contribution in [-0.4, -0.2) is 4.98 Å². The van der Waals surface area contributed by atoms with Gasteiger partial charge in [-0.1, -0.05) is 12.1 Å². The summed E-state index contributed by atoms with van der Waals surface area (Å²) in [4.78, 5) is 3.71. The molecule has 1 aromatic rings. The van der Waals surface area contributed by atoms with E-state index in [9.17, 15) is 0 Å². The predicted octanol–water partition coefficient (Wildman–Crippen LogP) is 0.561. The van der Waals surface area contributed by atoms with E-state index in [4.69, 9.17) is 5.41 Å². The maximum absolute atomic E-state index is 7.00. The molecule has 0 saturated carbocycles. The highest BCUT2D eigenvalue weighted by Gasteiger charge is 1.66. The van der Waals surface area contributed by atoms with Crippen LogP contribution >= 0.6 is 0 Å². The smallest absolute Gasteiger partial charge is 0.144 e. The number of nitrogens with one attached hydrogen (secondary N) is 1. The van der Waals surface area contributed by atoms with Gasteiger partial charge in [-0.05, 0) is 12.1 Å². The molecular weight excluding hydrogens is 100 g/mol. The van der Waals surface area contributed by atoms with Gasteiger partial charge in [0.2, 0.25) is 0 Å². The standard InChI is InChI=1S/C6H6N2/c7-6-4-2-1-3-5-8-6/h1-5,7H. The topological polar surface area (TPSA) is 36.7 Å². The molecule has 0 atom stereocenters. The molecule has 2 heteroatoms. The number of hydrogen-bond donors (Lipinski definition) is 1. The zero-order valence-electron chi connectivity index (χ0n) is 4.33. The van der Waals surface area contributed by atoms with E-state index in [0.717, 1.165) is 0 Å². The molecule has 0 spiro atoms. The second-order valence-electron chi connectivity index (χ2n) is 1.41. The summed E-state index contributed by atoms with van der Waals surface area (Å²) in [5.74, 6) is 0. The van der Waals surface area contributed by atoms with Crippen molar-refractivity contribution in [2.45, 2.75) is 0 Å². The van der Waals surface area contributed by atoms with Crippen molar-refractivity contribution in [3.05, 3.63) is 36.0 Å². The third-order valence-corrected chi connectivity index (χ3v) is 0.776. The largest absolute Gasteiger partial charge is 0.283 e. The maximum atomic E-state index is 7.00. The molecule has 8 heavy (non-hydrogen) atoms. The molecule has 0 radical (unpaired) electrons. The van der Waals surface area contributed by atoms with Crippen LogP contribution in [0.5, 0.6) is 0 Å². The fraction of sp³-hybridized carbons (Fsp3) is 0. The Morgan fingerprint density at radius 1 is 1.25 bits per heavy atom. The molecule has 40 valence electrons. The fourth-order valence-corrected chi connectivity index (χ4v) is 0.427. The summed E-state index contributed by atoms with van der Waals surface area (Å²) < 4.78 is 0. The Balaban J connectivity index is 3.32. The van der Waals surface area contributed by atoms with Crippen LogP contribution in [0.1, 0.15) is 0 Å². The van der Waals surface area contributed by atoms with E-state index in [0.29, 0.717) is 5.49 Å². The van der Waals surface area contributed by atoms with Gasteiger partial charge in [-0.15, -0.1) is 0 Å². The Morgan fingerprint density at radius 3 is 3.00 bits per heavy atom. The van der Waals surface area contributed by atoms with Gasteiger partial charge in [-0.3, -0.25) is 5.41 Å². The van der Waals surface area contributed by atoms with E-state index < -0.39 is 0 Å².